The largest absolute Gasteiger partial charge is 0.376 e. The van der Waals surface area contributed by atoms with Crippen molar-refractivity contribution < 1.29 is 14.3 Å². The van der Waals surface area contributed by atoms with E-state index in [-0.39, 0.29) is 17.9 Å². The Morgan fingerprint density at radius 2 is 2.00 bits per heavy atom. The molecular formula is C23H29N3O3S. The summed E-state index contributed by atoms with van der Waals surface area (Å²) in [6, 6.07) is 9.56. The molecule has 0 aliphatic carbocycles. The van der Waals surface area contributed by atoms with Crippen molar-refractivity contribution >= 4 is 34.5 Å². The van der Waals surface area contributed by atoms with E-state index in [2.05, 4.69) is 15.5 Å². The van der Waals surface area contributed by atoms with Gasteiger partial charge in [-0.05, 0) is 61.7 Å². The molecule has 4 rings (SSSR count). The summed E-state index contributed by atoms with van der Waals surface area (Å²) in [5, 5.41) is 7.95. The number of carbonyl (C=O) groups is 2. The van der Waals surface area contributed by atoms with Crippen LogP contribution in [-0.4, -0.2) is 44.2 Å². The zero-order valence-electron chi connectivity index (χ0n) is 17.2. The predicted molar refractivity (Wildman–Crippen MR) is 120 cm³/mol. The standard InChI is InChI=1S/C23H29N3O3S/c27-22(15-19-7-5-13-30-19)25-17-8-9-21(26-10-2-1-3-11-26)20(14-17)23(28)24-16-18-6-4-12-29-18/h5,7-9,13-14,18H,1-4,6,10-12,15-16H2,(H,24,28)(H,25,27). The Morgan fingerprint density at radius 1 is 1.13 bits per heavy atom. The van der Waals surface area contributed by atoms with Crippen LogP contribution in [0.1, 0.15) is 47.3 Å². The number of nitrogens with zero attached hydrogens (tertiary/aromatic N) is 1. The van der Waals surface area contributed by atoms with Crippen LogP contribution in [0.15, 0.2) is 35.7 Å². The fourth-order valence-electron chi connectivity index (χ4n) is 4.09. The number of anilines is 2. The number of ether oxygens (including phenoxy) is 1. The molecule has 2 saturated heterocycles. The molecular weight excluding hydrogens is 398 g/mol. The van der Waals surface area contributed by atoms with Crippen LogP contribution in [0, 0.1) is 0 Å². The monoisotopic (exact) mass is 427 g/mol. The van der Waals surface area contributed by atoms with Crippen molar-refractivity contribution in [3.05, 3.63) is 46.2 Å². The van der Waals surface area contributed by atoms with E-state index >= 15 is 0 Å². The molecule has 1 aromatic carbocycles. The fourth-order valence-corrected chi connectivity index (χ4v) is 4.79. The Labute approximate surface area is 181 Å². The van der Waals surface area contributed by atoms with Crippen molar-refractivity contribution in [2.24, 2.45) is 0 Å². The van der Waals surface area contributed by atoms with Crippen LogP contribution in [-0.2, 0) is 16.0 Å². The van der Waals surface area contributed by atoms with E-state index < -0.39 is 0 Å². The number of hydrogen-bond donors (Lipinski definition) is 2. The molecule has 0 radical (unpaired) electrons. The van der Waals surface area contributed by atoms with Crippen molar-refractivity contribution in [1.82, 2.24) is 5.32 Å². The Morgan fingerprint density at radius 3 is 2.73 bits per heavy atom. The second-order valence-corrected chi connectivity index (χ2v) is 8.96. The molecule has 0 spiro atoms. The van der Waals surface area contributed by atoms with Gasteiger partial charge in [-0.25, -0.2) is 0 Å². The maximum atomic E-state index is 13.1. The zero-order valence-corrected chi connectivity index (χ0v) is 18.0. The van der Waals surface area contributed by atoms with E-state index in [4.69, 9.17) is 4.74 Å². The van der Waals surface area contributed by atoms with Gasteiger partial charge in [0.05, 0.1) is 18.1 Å². The molecule has 7 heteroatoms. The van der Waals surface area contributed by atoms with Gasteiger partial charge in [-0.15, -0.1) is 11.3 Å². The summed E-state index contributed by atoms with van der Waals surface area (Å²) in [5.41, 5.74) is 2.21. The average Bonchev–Trinajstić information content (AvgIpc) is 3.47. The SMILES string of the molecule is O=C(Cc1cccs1)Nc1ccc(N2CCCCC2)c(C(=O)NCC2CCCO2)c1. The number of hydrogen-bond acceptors (Lipinski definition) is 5. The van der Waals surface area contributed by atoms with Crippen molar-refractivity contribution in [1.29, 1.82) is 0 Å². The Hall–Kier alpha value is -2.38. The number of amides is 2. The Bertz CT molecular complexity index is 857. The molecule has 2 aliphatic heterocycles. The van der Waals surface area contributed by atoms with Gasteiger partial charge in [0, 0.05) is 42.5 Å². The molecule has 0 saturated carbocycles. The van der Waals surface area contributed by atoms with Crippen LogP contribution >= 0.6 is 11.3 Å². The van der Waals surface area contributed by atoms with Crippen LogP contribution in [0.4, 0.5) is 11.4 Å². The first-order valence-corrected chi connectivity index (χ1v) is 11.7. The van der Waals surface area contributed by atoms with Gasteiger partial charge in [-0.2, -0.15) is 0 Å². The van der Waals surface area contributed by atoms with Crippen molar-refractivity contribution in [2.45, 2.75) is 44.6 Å². The molecule has 6 nitrogen and oxygen atoms in total. The molecule has 1 unspecified atom stereocenters. The zero-order chi connectivity index (χ0) is 20.8. The average molecular weight is 428 g/mol. The van der Waals surface area contributed by atoms with E-state index in [0.717, 1.165) is 55.9 Å². The van der Waals surface area contributed by atoms with Gasteiger partial charge in [0.1, 0.15) is 0 Å². The van der Waals surface area contributed by atoms with Crippen LogP contribution < -0.4 is 15.5 Å². The van der Waals surface area contributed by atoms with E-state index in [9.17, 15) is 9.59 Å². The molecule has 2 aliphatic rings. The predicted octanol–water partition coefficient (Wildman–Crippen LogP) is 3.83. The molecule has 1 aromatic heterocycles. The summed E-state index contributed by atoms with van der Waals surface area (Å²) in [5.74, 6) is -0.186. The molecule has 3 heterocycles. The van der Waals surface area contributed by atoms with Crippen molar-refractivity contribution in [3.8, 4) is 0 Å². The number of benzene rings is 1. The summed E-state index contributed by atoms with van der Waals surface area (Å²) in [6.45, 7) is 3.20. The van der Waals surface area contributed by atoms with Crippen LogP contribution in [0.25, 0.3) is 0 Å². The highest BCUT2D eigenvalue weighted by atomic mass is 32.1. The number of thiophene rings is 1. The highest BCUT2D eigenvalue weighted by Crippen LogP contribution is 2.27. The topological polar surface area (TPSA) is 70.7 Å². The van der Waals surface area contributed by atoms with Crippen LogP contribution in [0.5, 0.6) is 0 Å². The van der Waals surface area contributed by atoms with E-state index in [1.165, 1.54) is 6.42 Å². The summed E-state index contributed by atoms with van der Waals surface area (Å²) < 4.78 is 5.63. The Balaban J connectivity index is 1.49. The lowest BCUT2D eigenvalue weighted by Gasteiger charge is -2.30. The van der Waals surface area contributed by atoms with Crippen molar-refractivity contribution in [2.75, 3.05) is 36.5 Å². The van der Waals surface area contributed by atoms with E-state index in [1.807, 2.05) is 29.6 Å². The van der Waals surface area contributed by atoms with Gasteiger partial charge in [0.15, 0.2) is 0 Å². The Kier molecular flexibility index (Phi) is 7.02. The van der Waals surface area contributed by atoms with Crippen molar-refractivity contribution in [3.63, 3.8) is 0 Å². The van der Waals surface area contributed by atoms with Gasteiger partial charge >= 0.3 is 0 Å². The number of carbonyl (C=O) groups excluding carboxylic acids is 2. The van der Waals surface area contributed by atoms with E-state index in [0.29, 0.717) is 24.2 Å². The first-order valence-electron chi connectivity index (χ1n) is 10.8. The lowest BCUT2D eigenvalue weighted by Crippen LogP contribution is -2.35. The summed E-state index contributed by atoms with van der Waals surface area (Å²) in [6.07, 6.45) is 5.97. The lowest BCUT2D eigenvalue weighted by molar-refractivity contribution is -0.115. The first kappa shape index (κ1) is 20.9. The molecule has 30 heavy (non-hydrogen) atoms. The molecule has 2 aromatic rings. The van der Waals surface area contributed by atoms with Gasteiger partial charge in [0.25, 0.3) is 5.91 Å². The number of rotatable bonds is 7. The minimum atomic E-state index is -0.111. The summed E-state index contributed by atoms with van der Waals surface area (Å²) in [4.78, 5) is 28.8. The smallest absolute Gasteiger partial charge is 0.253 e. The maximum Gasteiger partial charge on any atom is 0.253 e. The minimum absolute atomic E-state index is 0.0751. The maximum absolute atomic E-state index is 13.1. The van der Waals surface area contributed by atoms with Gasteiger partial charge in [-0.3, -0.25) is 9.59 Å². The van der Waals surface area contributed by atoms with Gasteiger partial charge in [-0.1, -0.05) is 6.07 Å². The lowest BCUT2D eigenvalue weighted by atomic mass is 10.1. The molecule has 0 bridgehead atoms. The van der Waals surface area contributed by atoms with E-state index in [1.54, 1.807) is 17.4 Å². The molecule has 2 fully saturated rings. The third kappa shape index (κ3) is 5.40. The third-order valence-corrected chi connectivity index (χ3v) is 6.53. The third-order valence-electron chi connectivity index (χ3n) is 5.65. The molecule has 2 amide bonds. The summed E-state index contributed by atoms with van der Waals surface area (Å²) in [7, 11) is 0. The minimum Gasteiger partial charge on any atom is -0.376 e. The molecule has 1 atom stereocenters. The molecule has 160 valence electrons. The van der Waals surface area contributed by atoms with Gasteiger partial charge < -0.3 is 20.3 Å². The fraction of sp³-hybridized carbons (Fsp3) is 0.478. The van der Waals surface area contributed by atoms with Crippen LogP contribution in [0.2, 0.25) is 0 Å². The van der Waals surface area contributed by atoms with Gasteiger partial charge in [0.2, 0.25) is 5.91 Å². The highest BCUT2D eigenvalue weighted by Gasteiger charge is 2.22. The second-order valence-electron chi connectivity index (χ2n) is 7.93. The number of nitrogens with one attached hydrogen (secondary N) is 2. The highest BCUT2D eigenvalue weighted by molar-refractivity contribution is 7.10. The molecule has 2 N–H and O–H groups in total. The van der Waals surface area contributed by atoms with Crippen LogP contribution in [0.3, 0.4) is 0 Å². The quantitative estimate of drug-likeness (QED) is 0.705. The second kappa shape index (κ2) is 10.1. The number of piperidine rings is 1. The first-order chi connectivity index (χ1) is 14.7. The normalized spacial score (nSPS) is 18.9. The summed E-state index contributed by atoms with van der Waals surface area (Å²) >= 11 is 1.57.